The maximum Gasteiger partial charge on any atom is 0.0454 e. The molecule has 1 aliphatic heterocycles. The molecule has 2 heterocycles. The summed E-state index contributed by atoms with van der Waals surface area (Å²) in [6.07, 6.45) is 2.01. The van der Waals surface area contributed by atoms with E-state index in [-0.39, 0.29) is 0 Å². The topological polar surface area (TPSA) is 22.3 Å². The maximum atomic E-state index is 3.25. The first-order chi connectivity index (χ1) is 10.9. The molecule has 0 spiro atoms. The van der Waals surface area contributed by atoms with Crippen LogP contribution < -0.4 is 4.90 Å². The maximum absolute atomic E-state index is 3.25. The summed E-state index contributed by atoms with van der Waals surface area (Å²) in [6, 6.07) is 19.6. The van der Waals surface area contributed by atoms with Crippen molar-refractivity contribution in [2.24, 2.45) is 0 Å². The van der Waals surface area contributed by atoms with Gasteiger partial charge in [0.05, 0.1) is 0 Å². The third-order valence-corrected chi connectivity index (χ3v) is 4.52. The second-order valence-electron chi connectivity index (χ2n) is 6.00. The average molecular weight is 291 g/mol. The first kappa shape index (κ1) is 13.4. The Kier molecular flexibility index (Phi) is 3.57. The molecule has 22 heavy (non-hydrogen) atoms. The van der Waals surface area contributed by atoms with Crippen LogP contribution in [0.15, 0.2) is 60.8 Å². The molecule has 1 aromatic heterocycles. The fraction of sp³-hybridized carbons (Fsp3) is 0.263. The number of hydrogen-bond donors (Lipinski definition) is 1. The summed E-state index contributed by atoms with van der Waals surface area (Å²) in [5, 5.41) is 1.31. The van der Waals surface area contributed by atoms with Crippen molar-refractivity contribution in [1.29, 1.82) is 0 Å². The van der Waals surface area contributed by atoms with Crippen molar-refractivity contribution in [3.63, 3.8) is 0 Å². The zero-order chi connectivity index (χ0) is 14.8. The van der Waals surface area contributed by atoms with Crippen LogP contribution in [0.5, 0.6) is 0 Å². The lowest BCUT2D eigenvalue weighted by atomic mass is 10.1. The largest absolute Gasteiger partial charge is 0.369 e. The molecule has 3 aromatic rings. The van der Waals surface area contributed by atoms with Gasteiger partial charge < -0.3 is 9.88 Å². The molecule has 1 N–H and O–H groups in total. The van der Waals surface area contributed by atoms with Crippen LogP contribution in [0.2, 0.25) is 0 Å². The van der Waals surface area contributed by atoms with E-state index in [0.717, 1.165) is 32.7 Å². The normalized spacial score (nSPS) is 16.3. The number of para-hydroxylation sites is 1. The number of hydrogen-bond acceptors (Lipinski definition) is 2. The van der Waals surface area contributed by atoms with Crippen molar-refractivity contribution in [3.8, 4) is 0 Å². The molecule has 112 valence electrons. The van der Waals surface area contributed by atoms with Crippen LogP contribution in [0.25, 0.3) is 10.9 Å². The number of rotatable bonds is 3. The summed E-state index contributed by atoms with van der Waals surface area (Å²) in [7, 11) is 0. The Morgan fingerprint density at radius 1 is 0.864 bits per heavy atom. The van der Waals surface area contributed by atoms with Gasteiger partial charge >= 0.3 is 0 Å². The molecular weight excluding hydrogens is 270 g/mol. The number of piperazine rings is 1. The van der Waals surface area contributed by atoms with Gasteiger partial charge in [-0.25, -0.2) is 0 Å². The highest BCUT2D eigenvalue weighted by molar-refractivity contribution is 5.79. The Morgan fingerprint density at radius 3 is 2.50 bits per heavy atom. The van der Waals surface area contributed by atoms with E-state index in [2.05, 4.69) is 69.4 Å². The summed E-state index contributed by atoms with van der Waals surface area (Å²) in [4.78, 5) is 8.28. The number of fused-ring (bicyclic) bond motifs is 1. The molecule has 0 saturated carbocycles. The molecule has 1 saturated heterocycles. The number of aromatic nitrogens is 1. The van der Waals surface area contributed by atoms with E-state index in [0.29, 0.717) is 0 Å². The molecule has 0 aliphatic carbocycles. The Balaban J connectivity index is 1.39. The quantitative estimate of drug-likeness (QED) is 0.798. The van der Waals surface area contributed by atoms with E-state index in [1.54, 1.807) is 0 Å². The molecule has 0 unspecified atom stereocenters. The van der Waals surface area contributed by atoms with Gasteiger partial charge in [-0.15, -0.1) is 0 Å². The fourth-order valence-corrected chi connectivity index (χ4v) is 3.26. The van der Waals surface area contributed by atoms with Gasteiger partial charge in [-0.1, -0.05) is 24.3 Å². The van der Waals surface area contributed by atoms with Crippen molar-refractivity contribution in [1.82, 2.24) is 9.88 Å². The molecule has 4 rings (SSSR count). The second-order valence-corrected chi connectivity index (χ2v) is 6.00. The fourth-order valence-electron chi connectivity index (χ4n) is 3.26. The molecule has 1 fully saturated rings. The van der Waals surface area contributed by atoms with Crippen molar-refractivity contribution in [2.45, 2.75) is 6.54 Å². The van der Waals surface area contributed by atoms with Gasteiger partial charge in [0.25, 0.3) is 0 Å². The lowest BCUT2D eigenvalue weighted by molar-refractivity contribution is 0.250. The highest BCUT2D eigenvalue weighted by Gasteiger charge is 2.17. The summed E-state index contributed by atoms with van der Waals surface area (Å²) in [5.74, 6) is 0. The van der Waals surface area contributed by atoms with Gasteiger partial charge in [0.2, 0.25) is 0 Å². The zero-order valence-corrected chi connectivity index (χ0v) is 12.7. The Labute approximate surface area is 131 Å². The molecule has 2 aromatic carbocycles. The van der Waals surface area contributed by atoms with Crippen LogP contribution in [0, 0.1) is 0 Å². The average Bonchev–Trinajstić information content (AvgIpc) is 3.04. The Bertz CT molecular complexity index is 739. The van der Waals surface area contributed by atoms with Crippen LogP contribution in [-0.4, -0.2) is 36.1 Å². The van der Waals surface area contributed by atoms with Crippen LogP contribution in [0.1, 0.15) is 5.56 Å². The predicted octanol–water partition coefficient (Wildman–Crippen LogP) is 3.49. The summed E-state index contributed by atoms with van der Waals surface area (Å²) < 4.78 is 0. The number of H-pyrrole nitrogens is 1. The summed E-state index contributed by atoms with van der Waals surface area (Å²) in [6.45, 7) is 5.51. The first-order valence-electron chi connectivity index (χ1n) is 7.97. The van der Waals surface area contributed by atoms with Crippen molar-refractivity contribution in [2.75, 3.05) is 31.1 Å². The predicted molar refractivity (Wildman–Crippen MR) is 92.2 cm³/mol. The minimum atomic E-state index is 1.05. The van der Waals surface area contributed by atoms with Gasteiger partial charge in [0.1, 0.15) is 0 Å². The molecule has 3 nitrogen and oxygen atoms in total. The van der Waals surface area contributed by atoms with Gasteiger partial charge in [-0.3, -0.25) is 4.90 Å². The third-order valence-electron chi connectivity index (χ3n) is 4.52. The number of benzene rings is 2. The third kappa shape index (κ3) is 2.72. The summed E-state index contributed by atoms with van der Waals surface area (Å²) >= 11 is 0. The molecule has 0 amide bonds. The second kappa shape index (κ2) is 5.85. The highest BCUT2D eigenvalue weighted by Crippen LogP contribution is 2.19. The van der Waals surface area contributed by atoms with Gasteiger partial charge in [-0.2, -0.15) is 0 Å². The van der Waals surface area contributed by atoms with Crippen molar-refractivity contribution < 1.29 is 0 Å². The minimum absolute atomic E-state index is 1.05. The van der Waals surface area contributed by atoms with Crippen molar-refractivity contribution >= 4 is 16.6 Å². The number of aromatic amines is 1. The van der Waals surface area contributed by atoms with E-state index >= 15 is 0 Å². The molecule has 0 radical (unpaired) electrons. The molecule has 0 atom stereocenters. The highest BCUT2D eigenvalue weighted by atomic mass is 15.3. The molecule has 1 aliphatic rings. The van der Waals surface area contributed by atoms with Gasteiger partial charge in [0.15, 0.2) is 0 Å². The van der Waals surface area contributed by atoms with Crippen LogP contribution in [-0.2, 0) is 6.54 Å². The van der Waals surface area contributed by atoms with E-state index in [1.165, 1.54) is 22.2 Å². The van der Waals surface area contributed by atoms with E-state index in [9.17, 15) is 0 Å². The standard InChI is InChI=1S/C19H21N3/c1-2-4-18(5-3-1)22-12-10-21(11-13-22)15-16-6-7-19-17(14-16)8-9-20-19/h1-9,14,20H,10-13,15H2. The van der Waals surface area contributed by atoms with E-state index < -0.39 is 0 Å². The molecule has 3 heteroatoms. The lowest BCUT2D eigenvalue weighted by Crippen LogP contribution is -2.45. The smallest absolute Gasteiger partial charge is 0.0454 e. The van der Waals surface area contributed by atoms with Crippen LogP contribution in [0.4, 0.5) is 5.69 Å². The van der Waals surface area contributed by atoms with Crippen LogP contribution in [0.3, 0.4) is 0 Å². The van der Waals surface area contributed by atoms with Gasteiger partial charge in [0, 0.05) is 50.1 Å². The number of nitrogens with zero attached hydrogens (tertiary/aromatic N) is 2. The van der Waals surface area contributed by atoms with E-state index in [4.69, 9.17) is 0 Å². The Morgan fingerprint density at radius 2 is 1.68 bits per heavy atom. The molecular formula is C19H21N3. The number of anilines is 1. The monoisotopic (exact) mass is 291 g/mol. The van der Waals surface area contributed by atoms with E-state index in [1.807, 2.05) is 6.20 Å². The SMILES string of the molecule is c1ccc(N2CCN(Cc3ccc4[nH]ccc4c3)CC2)cc1. The molecule has 0 bridgehead atoms. The minimum Gasteiger partial charge on any atom is -0.369 e. The van der Waals surface area contributed by atoms with Gasteiger partial charge in [-0.05, 0) is 41.3 Å². The number of nitrogens with one attached hydrogen (secondary N) is 1. The van der Waals surface area contributed by atoms with Crippen molar-refractivity contribution in [3.05, 3.63) is 66.4 Å². The first-order valence-corrected chi connectivity index (χ1v) is 7.97. The zero-order valence-electron chi connectivity index (χ0n) is 12.7. The Hall–Kier alpha value is -2.26. The van der Waals surface area contributed by atoms with Crippen LogP contribution >= 0.6 is 0 Å². The summed E-state index contributed by atoms with van der Waals surface area (Å²) in [5.41, 5.74) is 3.97. The lowest BCUT2D eigenvalue weighted by Gasteiger charge is -2.36.